The van der Waals surface area contributed by atoms with Gasteiger partial charge in [0.15, 0.2) is 17.3 Å². The first-order valence-corrected chi connectivity index (χ1v) is 10.3. The smallest absolute Gasteiger partial charge is 0.273 e. The summed E-state index contributed by atoms with van der Waals surface area (Å²) >= 11 is 0. The molecule has 2 amide bonds. The summed E-state index contributed by atoms with van der Waals surface area (Å²) in [6, 6.07) is 5.36. The van der Waals surface area contributed by atoms with Crippen molar-refractivity contribution in [1.29, 1.82) is 0 Å². The monoisotopic (exact) mass is 453 g/mol. The molecule has 170 valence electrons. The van der Waals surface area contributed by atoms with Gasteiger partial charge < -0.3 is 20.9 Å². The number of hydrogen-bond donors (Lipinski definition) is 3. The Bertz CT molecular complexity index is 1470. The molecule has 0 saturated heterocycles. The maximum Gasteiger partial charge on any atom is 0.273 e. The molecule has 0 radical (unpaired) electrons. The number of rotatable bonds is 5. The van der Waals surface area contributed by atoms with Gasteiger partial charge in [-0.15, -0.1) is 10.2 Å². The lowest BCUT2D eigenvalue weighted by Gasteiger charge is -2.34. The number of fused-ring (bicyclic) bond motifs is 3. The third-order valence-corrected chi connectivity index (χ3v) is 5.56. The minimum absolute atomic E-state index is 0.0469. The zero-order valence-corrected chi connectivity index (χ0v) is 17.9. The van der Waals surface area contributed by atoms with E-state index in [2.05, 4.69) is 30.9 Å². The van der Waals surface area contributed by atoms with E-state index >= 15 is 0 Å². The van der Waals surface area contributed by atoms with Crippen molar-refractivity contribution in [1.82, 2.24) is 30.3 Å². The van der Waals surface area contributed by atoms with Crippen molar-refractivity contribution in [3.63, 3.8) is 0 Å². The van der Waals surface area contributed by atoms with Crippen molar-refractivity contribution in [2.75, 3.05) is 29.6 Å². The Kier molecular flexibility index (Phi) is 3.55. The van der Waals surface area contributed by atoms with E-state index in [0.717, 1.165) is 12.8 Å². The van der Waals surface area contributed by atoms with E-state index in [4.69, 9.17) is 8.22 Å². The van der Waals surface area contributed by atoms with Crippen LogP contribution in [0.15, 0.2) is 24.3 Å². The van der Waals surface area contributed by atoms with Crippen LogP contribution in [-0.2, 0) is 4.79 Å². The molecule has 11 heteroatoms. The molecule has 3 N–H and O–H groups in total. The number of carbonyl (C=O) groups is 2. The number of amides is 2. The summed E-state index contributed by atoms with van der Waals surface area (Å²) in [6.45, 7) is -3.57. The summed E-state index contributed by atoms with van der Waals surface area (Å²) in [7, 11) is 1.61. The van der Waals surface area contributed by atoms with Gasteiger partial charge >= 0.3 is 0 Å². The zero-order valence-electron chi connectivity index (χ0n) is 23.9. The lowest BCUT2D eigenvalue weighted by molar-refractivity contribution is -0.117. The molecule has 33 heavy (non-hydrogen) atoms. The number of nitrogens with zero attached hydrogens (tertiary/aromatic N) is 6. The highest BCUT2D eigenvalue weighted by molar-refractivity contribution is 6.00. The second kappa shape index (κ2) is 7.84. The fraction of sp³-hybridized carbons (Fsp3) is 0.364. The fourth-order valence-corrected chi connectivity index (χ4v) is 3.76. The van der Waals surface area contributed by atoms with Crippen LogP contribution in [0.25, 0.3) is 5.69 Å². The van der Waals surface area contributed by atoms with Gasteiger partial charge in [-0.1, -0.05) is 6.07 Å². The molecule has 1 aliphatic heterocycles. The molecule has 11 nitrogen and oxygen atoms in total. The minimum atomic E-state index is -2.78. The molecule has 1 aromatic carbocycles. The van der Waals surface area contributed by atoms with E-state index in [1.165, 1.54) is 10.7 Å². The van der Waals surface area contributed by atoms with Crippen molar-refractivity contribution >= 4 is 34.7 Å². The third kappa shape index (κ3) is 3.65. The zero-order chi connectivity index (χ0) is 28.3. The Morgan fingerprint density at radius 3 is 2.82 bits per heavy atom. The van der Waals surface area contributed by atoms with Gasteiger partial charge in [0.05, 0.1) is 28.8 Å². The fourth-order valence-electron chi connectivity index (χ4n) is 3.76. The Morgan fingerprint density at radius 1 is 1.21 bits per heavy atom. The van der Waals surface area contributed by atoms with Gasteiger partial charge in [-0.2, -0.15) is 5.10 Å². The summed E-state index contributed by atoms with van der Waals surface area (Å²) in [5.74, 6) is -0.648. The summed E-state index contributed by atoms with van der Waals surface area (Å²) in [4.78, 5) is 31.0. The largest absolute Gasteiger partial charge is 0.361 e. The average Bonchev–Trinajstić information content (AvgIpc) is 3.59. The van der Waals surface area contributed by atoms with Crippen LogP contribution in [0.2, 0.25) is 0 Å². The van der Waals surface area contributed by atoms with E-state index in [-0.39, 0.29) is 34.8 Å². The van der Waals surface area contributed by atoms with Gasteiger partial charge in [0.2, 0.25) is 5.91 Å². The SMILES string of the molecule is [2H]C([2H])([2H])NC(=O)c1nnc(NC(=O)C2CC2)cc1Nc1cccc2c1N(C)[C@@H](C([2H])([2H])[2H])c1nc(C)nn1-2. The molecule has 1 aliphatic carbocycles. The number of aryl methyl sites for hydroxylation is 1. The average molecular weight is 454 g/mol. The first kappa shape index (κ1) is 14.9. The summed E-state index contributed by atoms with van der Waals surface area (Å²) in [5.41, 5.74) is 1.07. The summed E-state index contributed by atoms with van der Waals surface area (Å²) < 4.78 is 48.1. The van der Waals surface area contributed by atoms with Gasteiger partial charge in [-0.25, -0.2) is 9.67 Å². The molecule has 0 spiro atoms. The Morgan fingerprint density at radius 2 is 2.06 bits per heavy atom. The highest BCUT2D eigenvalue weighted by Gasteiger charge is 2.32. The van der Waals surface area contributed by atoms with E-state index in [1.54, 1.807) is 37.1 Å². The quantitative estimate of drug-likeness (QED) is 0.537. The van der Waals surface area contributed by atoms with E-state index < -0.39 is 25.8 Å². The van der Waals surface area contributed by atoms with Crippen LogP contribution in [0.5, 0.6) is 0 Å². The Labute approximate surface area is 199 Å². The molecule has 0 bridgehead atoms. The number of carbonyl (C=O) groups excluding carboxylic acids is 2. The Hall–Kier alpha value is -4.02. The van der Waals surface area contributed by atoms with Crippen LogP contribution < -0.4 is 20.9 Å². The van der Waals surface area contributed by atoms with Crippen molar-refractivity contribution in [3.8, 4) is 5.69 Å². The van der Waals surface area contributed by atoms with Crippen molar-refractivity contribution in [3.05, 3.63) is 41.6 Å². The number of aromatic nitrogens is 5. The van der Waals surface area contributed by atoms with Gasteiger partial charge in [-0.05, 0) is 38.8 Å². The number of anilines is 4. The van der Waals surface area contributed by atoms with Crippen LogP contribution in [0, 0.1) is 12.8 Å². The molecule has 3 heterocycles. The second-order valence-electron chi connectivity index (χ2n) is 7.95. The van der Waals surface area contributed by atoms with Crippen LogP contribution >= 0.6 is 0 Å². The van der Waals surface area contributed by atoms with Gasteiger partial charge in [0.25, 0.3) is 5.91 Å². The minimum Gasteiger partial charge on any atom is -0.361 e. The maximum atomic E-state index is 12.8. The first-order chi connectivity index (χ1) is 18.2. The number of nitrogens with one attached hydrogen (secondary N) is 3. The lowest BCUT2D eigenvalue weighted by Crippen LogP contribution is -2.31. The third-order valence-electron chi connectivity index (χ3n) is 5.56. The Balaban J connectivity index is 1.60. The number of benzene rings is 1. The van der Waals surface area contributed by atoms with E-state index in [9.17, 15) is 9.59 Å². The summed E-state index contributed by atoms with van der Waals surface area (Å²) in [6.07, 6.45) is 1.53. The molecule has 1 atom stereocenters. The standard InChI is InChI=1S/C22H25N9O2/c1-11-20-24-12(2)29-31(20)16-7-5-6-14(19(16)30(11)4)25-15-10-17(26-21(32)13-8-9-13)27-28-18(15)22(33)23-3/h5-7,10-11,13H,8-9H2,1-4H3,(H,23,33)(H2,25,26,27,32)/t11-/m0/s1/i1D3,3D3. The molecule has 1 fully saturated rings. The number of hydrogen-bond acceptors (Lipinski definition) is 8. The number of para-hydroxylation sites is 1. The van der Waals surface area contributed by atoms with Crippen LogP contribution in [0.3, 0.4) is 0 Å². The first-order valence-electron chi connectivity index (χ1n) is 13.3. The molecular weight excluding hydrogens is 422 g/mol. The highest BCUT2D eigenvalue weighted by atomic mass is 16.2. The van der Waals surface area contributed by atoms with Crippen LogP contribution in [-0.4, -0.2) is 50.8 Å². The topological polar surface area (TPSA) is 130 Å². The molecule has 2 aromatic heterocycles. The normalized spacial score (nSPS) is 20.1. The van der Waals surface area contributed by atoms with Gasteiger partial charge in [0.1, 0.15) is 5.82 Å². The van der Waals surface area contributed by atoms with Crippen molar-refractivity contribution in [2.45, 2.75) is 32.7 Å². The lowest BCUT2D eigenvalue weighted by atomic mass is 10.1. The second-order valence-corrected chi connectivity index (χ2v) is 7.95. The van der Waals surface area contributed by atoms with Crippen molar-refractivity contribution < 1.29 is 17.8 Å². The predicted molar refractivity (Wildman–Crippen MR) is 123 cm³/mol. The molecular formula is C22H25N9O2. The van der Waals surface area contributed by atoms with E-state index in [0.29, 0.717) is 22.9 Å². The molecule has 2 aliphatic rings. The van der Waals surface area contributed by atoms with Gasteiger partial charge in [0, 0.05) is 34.2 Å². The molecule has 5 rings (SSSR count). The van der Waals surface area contributed by atoms with E-state index in [1.807, 2.05) is 5.32 Å². The highest BCUT2D eigenvalue weighted by Crippen LogP contribution is 2.42. The molecule has 0 unspecified atom stereocenters. The maximum absolute atomic E-state index is 12.8. The van der Waals surface area contributed by atoms with Crippen LogP contribution in [0.1, 0.15) is 56.1 Å². The van der Waals surface area contributed by atoms with Crippen molar-refractivity contribution in [2.24, 2.45) is 5.92 Å². The molecule has 3 aromatic rings. The summed E-state index contributed by atoms with van der Waals surface area (Å²) in [5, 5.41) is 19.8. The van der Waals surface area contributed by atoms with Gasteiger partial charge in [-0.3, -0.25) is 9.59 Å². The predicted octanol–water partition coefficient (Wildman–Crippen LogP) is 2.33. The van der Waals surface area contributed by atoms with Crippen LogP contribution in [0.4, 0.5) is 22.9 Å². The molecule has 1 saturated carbocycles.